The van der Waals surface area contributed by atoms with E-state index in [4.69, 9.17) is 5.73 Å². The Morgan fingerprint density at radius 2 is 2.43 bits per heavy atom. The van der Waals surface area contributed by atoms with Crippen molar-refractivity contribution in [1.82, 2.24) is 9.78 Å². The van der Waals surface area contributed by atoms with Gasteiger partial charge in [-0.15, -0.1) is 0 Å². The molecule has 14 heavy (non-hydrogen) atoms. The molecular weight excluding hydrogens is 178 g/mol. The number of ketones is 1. The summed E-state index contributed by atoms with van der Waals surface area (Å²) in [7, 11) is 1.79. The Bertz CT molecular complexity index is 345. The van der Waals surface area contributed by atoms with Crippen LogP contribution >= 0.6 is 0 Å². The molecule has 1 saturated carbocycles. The van der Waals surface area contributed by atoms with Crippen LogP contribution in [0.5, 0.6) is 0 Å². The van der Waals surface area contributed by atoms with Crippen molar-refractivity contribution in [3.05, 3.63) is 18.0 Å². The second-order valence-corrected chi connectivity index (χ2v) is 3.91. The van der Waals surface area contributed by atoms with Crippen molar-refractivity contribution in [2.45, 2.75) is 25.3 Å². The highest BCUT2D eigenvalue weighted by atomic mass is 16.1. The van der Waals surface area contributed by atoms with Gasteiger partial charge in [0, 0.05) is 25.2 Å². The zero-order valence-electron chi connectivity index (χ0n) is 8.31. The third-order valence-corrected chi connectivity index (χ3v) is 2.98. The van der Waals surface area contributed by atoms with E-state index in [0.717, 1.165) is 19.3 Å². The minimum absolute atomic E-state index is 0.00500. The lowest BCUT2D eigenvalue weighted by Crippen LogP contribution is -2.31. The molecule has 1 aromatic rings. The monoisotopic (exact) mass is 193 g/mol. The number of nitrogens with two attached hydrogens (primary N) is 1. The van der Waals surface area contributed by atoms with Gasteiger partial charge < -0.3 is 5.73 Å². The van der Waals surface area contributed by atoms with Crippen LogP contribution < -0.4 is 5.73 Å². The number of hydrogen-bond acceptors (Lipinski definition) is 3. The first-order valence-electron chi connectivity index (χ1n) is 4.98. The summed E-state index contributed by atoms with van der Waals surface area (Å²) in [5, 5.41) is 3.99. The molecule has 1 heterocycles. The normalized spacial score (nSPS) is 26.7. The molecule has 2 rings (SSSR count). The second kappa shape index (κ2) is 3.53. The van der Waals surface area contributed by atoms with Crippen LogP contribution in [0.15, 0.2) is 12.3 Å². The molecule has 2 unspecified atom stereocenters. The van der Waals surface area contributed by atoms with Crippen LogP contribution in [0, 0.1) is 5.92 Å². The molecular formula is C10H15N3O. The molecule has 0 bridgehead atoms. The molecule has 0 radical (unpaired) electrons. The summed E-state index contributed by atoms with van der Waals surface area (Å²) in [6.07, 6.45) is 4.60. The van der Waals surface area contributed by atoms with Gasteiger partial charge in [-0.05, 0) is 18.9 Å². The van der Waals surface area contributed by atoms with Crippen LogP contribution in [0.3, 0.4) is 0 Å². The second-order valence-electron chi connectivity index (χ2n) is 3.91. The van der Waals surface area contributed by atoms with E-state index >= 15 is 0 Å². The van der Waals surface area contributed by atoms with Gasteiger partial charge in [-0.2, -0.15) is 5.10 Å². The van der Waals surface area contributed by atoms with E-state index in [1.54, 1.807) is 24.0 Å². The Labute approximate surface area is 83.1 Å². The Hall–Kier alpha value is -1.16. The SMILES string of the molecule is Cn1nccc1C(=O)C1CCCC1N. The van der Waals surface area contributed by atoms with E-state index in [0.29, 0.717) is 5.69 Å². The highest BCUT2D eigenvalue weighted by molar-refractivity contribution is 5.96. The summed E-state index contributed by atoms with van der Waals surface area (Å²) in [5.74, 6) is 0.153. The van der Waals surface area contributed by atoms with E-state index < -0.39 is 0 Å². The highest BCUT2D eigenvalue weighted by Gasteiger charge is 2.31. The fourth-order valence-corrected chi connectivity index (χ4v) is 2.12. The van der Waals surface area contributed by atoms with Crippen LogP contribution in [0.1, 0.15) is 29.8 Å². The van der Waals surface area contributed by atoms with Gasteiger partial charge in [-0.3, -0.25) is 9.48 Å². The van der Waals surface area contributed by atoms with Crippen LogP contribution in [-0.4, -0.2) is 21.6 Å². The van der Waals surface area contributed by atoms with E-state index in [1.807, 2.05) is 0 Å². The third kappa shape index (κ3) is 1.46. The van der Waals surface area contributed by atoms with Gasteiger partial charge in [-0.1, -0.05) is 6.42 Å². The van der Waals surface area contributed by atoms with Crippen LogP contribution in [0.4, 0.5) is 0 Å². The molecule has 0 amide bonds. The molecule has 1 aliphatic rings. The molecule has 1 aliphatic carbocycles. The van der Waals surface area contributed by atoms with Crippen molar-refractivity contribution in [3.63, 3.8) is 0 Å². The molecule has 0 aromatic carbocycles. The van der Waals surface area contributed by atoms with Crippen molar-refractivity contribution in [2.24, 2.45) is 18.7 Å². The van der Waals surface area contributed by atoms with Crippen molar-refractivity contribution >= 4 is 5.78 Å². The molecule has 4 heteroatoms. The van der Waals surface area contributed by atoms with Crippen LogP contribution in [0.2, 0.25) is 0 Å². The first-order chi connectivity index (χ1) is 6.70. The molecule has 4 nitrogen and oxygen atoms in total. The highest BCUT2D eigenvalue weighted by Crippen LogP contribution is 2.26. The van der Waals surface area contributed by atoms with Crippen molar-refractivity contribution in [3.8, 4) is 0 Å². The number of aryl methyl sites for hydroxylation is 1. The van der Waals surface area contributed by atoms with Crippen molar-refractivity contribution < 1.29 is 4.79 Å². The smallest absolute Gasteiger partial charge is 0.185 e. The molecule has 2 N–H and O–H groups in total. The van der Waals surface area contributed by atoms with Gasteiger partial charge in [0.2, 0.25) is 0 Å². The van der Waals surface area contributed by atoms with E-state index in [-0.39, 0.29) is 17.7 Å². The first-order valence-corrected chi connectivity index (χ1v) is 4.98. The minimum atomic E-state index is 0.00500. The number of carbonyl (C=O) groups is 1. The maximum Gasteiger partial charge on any atom is 0.185 e. The number of hydrogen-bond donors (Lipinski definition) is 1. The summed E-state index contributed by atoms with van der Waals surface area (Å²) >= 11 is 0. The number of nitrogens with zero attached hydrogens (tertiary/aromatic N) is 2. The summed E-state index contributed by atoms with van der Waals surface area (Å²) in [5.41, 5.74) is 6.56. The average molecular weight is 193 g/mol. The standard InChI is InChI=1S/C10H15N3O/c1-13-9(5-6-12-13)10(14)7-3-2-4-8(7)11/h5-8H,2-4,11H2,1H3. The Kier molecular flexibility index (Phi) is 2.37. The van der Waals surface area contributed by atoms with Gasteiger partial charge in [-0.25, -0.2) is 0 Å². The lowest BCUT2D eigenvalue weighted by Gasteiger charge is -2.13. The van der Waals surface area contributed by atoms with Gasteiger partial charge in [0.05, 0.1) is 0 Å². The van der Waals surface area contributed by atoms with Gasteiger partial charge >= 0.3 is 0 Å². The van der Waals surface area contributed by atoms with Gasteiger partial charge in [0.25, 0.3) is 0 Å². The minimum Gasteiger partial charge on any atom is -0.327 e. The lowest BCUT2D eigenvalue weighted by molar-refractivity contribution is 0.0903. The Morgan fingerprint density at radius 1 is 1.64 bits per heavy atom. The molecule has 0 aliphatic heterocycles. The van der Waals surface area contributed by atoms with Gasteiger partial charge in [0.1, 0.15) is 5.69 Å². The Morgan fingerprint density at radius 3 is 2.93 bits per heavy atom. The topological polar surface area (TPSA) is 60.9 Å². The average Bonchev–Trinajstić information content (AvgIpc) is 2.73. The first kappa shape index (κ1) is 9.40. The summed E-state index contributed by atoms with van der Waals surface area (Å²) in [4.78, 5) is 12.0. The molecule has 0 saturated heterocycles. The number of rotatable bonds is 2. The fraction of sp³-hybridized carbons (Fsp3) is 0.600. The Balaban J connectivity index is 2.20. The number of aromatic nitrogens is 2. The number of carbonyl (C=O) groups excluding carboxylic acids is 1. The van der Waals surface area contributed by atoms with E-state index in [1.165, 1.54) is 0 Å². The molecule has 2 atom stereocenters. The van der Waals surface area contributed by atoms with E-state index in [9.17, 15) is 4.79 Å². The molecule has 76 valence electrons. The lowest BCUT2D eigenvalue weighted by atomic mass is 9.97. The van der Waals surface area contributed by atoms with Crippen LogP contribution in [-0.2, 0) is 7.05 Å². The van der Waals surface area contributed by atoms with Crippen LogP contribution in [0.25, 0.3) is 0 Å². The quantitative estimate of drug-likeness (QED) is 0.704. The predicted molar refractivity (Wildman–Crippen MR) is 52.9 cm³/mol. The van der Waals surface area contributed by atoms with E-state index in [2.05, 4.69) is 5.10 Å². The molecule has 1 aromatic heterocycles. The predicted octanol–water partition coefficient (Wildman–Crippen LogP) is 0.730. The zero-order chi connectivity index (χ0) is 10.1. The fourth-order valence-electron chi connectivity index (χ4n) is 2.12. The summed E-state index contributed by atoms with van der Waals surface area (Å²) in [6.45, 7) is 0. The largest absolute Gasteiger partial charge is 0.327 e. The number of Topliss-reactive ketones (excluding diaryl/α,β-unsaturated/α-hetero) is 1. The van der Waals surface area contributed by atoms with Crippen molar-refractivity contribution in [1.29, 1.82) is 0 Å². The van der Waals surface area contributed by atoms with Gasteiger partial charge in [0.15, 0.2) is 5.78 Å². The molecule has 0 spiro atoms. The molecule has 1 fully saturated rings. The summed E-state index contributed by atoms with van der Waals surface area (Å²) in [6, 6.07) is 1.80. The maximum atomic E-state index is 12.0. The van der Waals surface area contributed by atoms with Crippen molar-refractivity contribution in [2.75, 3.05) is 0 Å². The summed E-state index contributed by atoms with van der Waals surface area (Å²) < 4.78 is 1.62. The maximum absolute atomic E-state index is 12.0. The third-order valence-electron chi connectivity index (χ3n) is 2.98. The zero-order valence-corrected chi connectivity index (χ0v) is 8.31.